The maximum Gasteiger partial charge on any atom is 0.0774 e. The smallest absolute Gasteiger partial charge is 0.0774 e. The van der Waals surface area contributed by atoms with Crippen LogP contribution in [0.3, 0.4) is 0 Å². The van der Waals surface area contributed by atoms with Crippen molar-refractivity contribution in [3.05, 3.63) is 0 Å². The molecule has 0 amide bonds. The molecule has 1 nitrogen and oxygen atoms in total. The summed E-state index contributed by atoms with van der Waals surface area (Å²) in [7, 11) is 6.25. The van der Waals surface area contributed by atoms with Crippen molar-refractivity contribution in [3.8, 4) is 0 Å². The van der Waals surface area contributed by atoms with Gasteiger partial charge in [-0.05, 0) is 33.9 Å². The molecular weight excluding hydrogens is 243 g/mol. The first-order chi connectivity index (χ1) is 8.70. The van der Waals surface area contributed by atoms with Gasteiger partial charge in [0.15, 0.2) is 0 Å². The second-order valence-electron chi connectivity index (χ2n) is 8.84. The van der Waals surface area contributed by atoms with Crippen LogP contribution in [0.2, 0.25) is 5.31 Å². The van der Waals surface area contributed by atoms with Crippen molar-refractivity contribution in [1.29, 1.82) is 0 Å². The fourth-order valence-electron chi connectivity index (χ4n) is 3.50. The molecule has 0 saturated carbocycles. The van der Waals surface area contributed by atoms with Crippen LogP contribution in [0.5, 0.6) is 0 Å². The topological polar surface area (TPSA) is 20.2 Å². The van der Waals surface area contributed by atoms with Crippen LogP contribution >= 0.6 is 0 Å². The predicted octanol–water partition coefficient (Wildman–Crippen LogP) is 5.09. The summed E-state index contributed by atoms with van der Waals surface area (Å²) < 4.78 is 0. The minimum absolute atomic E-state index is 0.181. The highest BCUT2D eigenvalue weighted by Gasteiger charge is 2.49. The van der Waals surface area contributed by atoms with Crippen LogP contribution < -0.4 is 0 Å². The molecule has 0 fully saturated rings. The van der Waals surface area contributed by atoms with E-state index in [1.165, 1.54) is 0 Å². The lowest BCUT2D eigenvalue weighted by molar-refractivity contribution is -0.0893. The molecule has 5 unspecified atom stereocenters. The minimum atomic E-state index is -0.579. The summed E-state index contributed by atoms with van der Waals surface area (Å²) in [6.07, 6.45) is 0.551. The van der Waals surface area contributed by atoms with E-state index in [0.29, 0.717) is 17.8 Å². The molecule has 0 bridgehead atoms. The van der Waals surface area contributed by atoms with Crippen molar-refractivity contribution < 1.29 is 5.11 Å². The Morgan fingerprint density at radius 1 is 0.900 bits per heavy atom. The predicted molar refractivity (Wildman–Crippen MR) is 91.1 cm³/mol. The summed E-state index contributed by atoms with van der Waals surface area (Å²) in [5.41, 5.74) is 0.0479. The van der Waals surface area contributed by atoms with E-state index >= 15 is 0 Å². The van der Waals surface area contributed by atoms with E-state index in [9.17, 15) is 5.11 Å². The number of rotatable bonds is 6. The van der Waals surface area contributed by atoms with Crippen molar-refractivity contribution in [3.63, 3.8) is 0 Å². The van der Waals surface area contributed by atoms with Gasteiger partial charge in [-0.3, -0.25) is 0 Å². The van der Waals surface area contributed by atoms with Crippen molar-refractivity contribution in [2.75, 3.05) is 0 Å². The Balaban J connectivity index is 5.68. The summed E-state index contributed by atoms with van der Waals surface area (Å²) >= 11 is 0. The number of hydrogen-bond donors (Lipinski definition) is 1. The van der Waals surface area contributed by atoms with Gasteiger partial charge in [0.25, 0.3) is 0 Å². The molecule has 1 N–H and O–H groups in total. The Labute approximate surface area is 129 Å². The fraction of sp³-hybridized carbons (Fsp3) is 1.00. The van der Waals surface area contributed by atoms with Gasteiger partial charge in [-0.15, -0.1) is 0 Å². The standard InChI is InChI=1S/C18H37BO/c1-11-12(2)18(10,15(20)17(8,9)19)14(4)13(3)16(5,6)7/h12-15,20H,11H2,1-10H3. The first kappa shape index (κ1) is 20.0. The Morgan fingerprint density at radius 2 is 1.30 bits per heavy atom. The molecule has 0 aliphatic carbocycles. The third kappa shape index (κ3) is 4.03. The highest BCUT2D eigenvalue weighted by Crippen LogP contribution is 2.52. The maximum absolute atomic E-state index is 11.0. The quantitative estimate of drug-likeness (QED) is 0.672. The molecule has 0 spiro atoms. The zero-order chi connectivity index (χ0) is 16.5. The maximum atomic E-state index is 11.0. The van der Waals surface area contributed by atoms with E-state index in [-0.39, 0.29) is 10.8 Å². The molecule has 0 aliphatic heterocycles. The van der Waals surface area contributed by atoms with Gasteiger partial charge in [-0.2, -0.15) is 0 Å². The van der Waals surface area contributed by atoms with E-state index in [4.69, 9.17) is 7.85 Å². The molecule has 5 atom stereocenters. The highest BCUT2D eigenvalue weighted by atomic mass is 16.3. The van der Waals surface area contributed by atoms with E-state index in [2.05, 4.69) is 55.4 Å². The second-order valence-corrected chi connectivity index (χ2v) is 8.84. The monoisotopic (exact) mass is 280 g/mol. The number of aliphatic hydroxyl groups excluding tert-OH is 1. The fourth-order valence-corrected chi connectivity index (χ4v) is 3.50. The van der Waals surface area contributed by atoms with E-state index in [0.717, 1.165) is 6.42 Å². The summed E-state index contributed by atoms with van der Waals surface area (Å²) in [5.74, 6) is 1.34. The molecule has 0 heterocycles. The van der Waals surface area contributed by atoms with Crippen LogP contribution in [-0.4, -0.2) is 19.1 Å². The molecule has 0 aromatic carbocycles. The molecule has 0 saturated heterocycles. The molecule has 0 aromatic heterocycles. The van der Waals surface area contributed by atoms with Crippen LogP contribution in [0, 0.1) is 28.6 Å². The average Bonchev–Trinajstić information content (AvgIpc) is 2.31. The molecular formula is C18H37BO. The van der Waals surface area contributed by atoms with Gasteiger partial charge in [-0.25, -0.2) is 0 Å². The van der Waals surface area contributed by atoms with Crippen molar-refractivity contribution >= 4 is 7.85 Å². The van der Waals surface area contributed by atoms with Gasteiger partial charge in [0.05, 0.1) is 14.0 Å². The van der Waals surface area contributed by atoms with Crippen LogP contribution in [0.15, 0.2) is 0 Å². The minimum Gasteiger partial charge on any atom is -0.393 e. The van der Waals surface area contributed by atoms with Crippen LogP contribution in [0.25, 0.3) is 0 Å². The summed E-state index contributed by atoms with van der Waals surface area (Å²) in [4.78, 5) is 0. The lowest BCUT2D eigenvalue weighted by Crippen LogP contribution is -2.51. The first-order valence-corrected chi connectivity index (χ1v) is 8.17. The first-order valence-electron chi connectivity index (χ1n) is 8.17. The lowest BCUT2D eigenvalue weighted by atomic mass is 9.50. The molecule has 20 heavy (non-hydrogen) atoms. The SMILES string of the molecule is [B]C(C)(C)C(O)C(C)(C(C)CC)C(C)C(C)C(C)(C)C. The Morgan fingerprint density at radius 3 is 1.55 bits per heavy atom. The number of hydrogen-bond acceptors (Lipinski definition) is 1. The van der Waals surface area contributed by atoms with E-state index in [1.807, 2.05) is 13.8 Å². The zero-order valence-corrected chi connectivity index (χ0v) is 15.5. The molecule has 118 valence electrons. The largest absolute Gasteiger partial charge is 0.393 e. The number of aliphatic hydroxyl groups is 1. The highest BCUT2D eigenvalue weighted by molar-refractivity contribution is 6.15. The summed E-state index contributed by atoms with van der Waals surface area (Å²) in [6, 6.07) is 0. The molecule has 0 rings (SSSR count). The molecule has 0 aliphatic rings. The van der Waals surface area contributed by atoms with Gasteiger partial charge in [-0.1, -0.05) is 75.7 Å². The normalized spacial score (nSPS) is 22.8. The third-order valence-electron chi connectivity index (χ3n) is 6.07. The third-order valence-corrected chi connectivity index (χ3v) is 6.07. The summed E-state index contributed by atoms with van der Waals surface area (Å²) in [5, 5.41) is 10.4. The van der Waals surface area contributed by atoms with Crippen molar-refractivity contribution in [2.45, 2.75) is 87.1 Å². The average molecular weight is 280 g/mol. The molecule has 2 heteroatoms. The molecule has 0 aromatic rings. The van der Waals surface area contributed by atoms with Crippen LogP contribution in [0.1, 0.15) is 75.7 Å². The van der Waals surface area contributed by atoms with Crippen LogP contribution in [0.4, 0.5) is 0 Å². The second kappa shape index (κ2) is 6.42. The Kier molecular flexibility index (Phi) is 6.43. The van der Waals surface area contributed by atoms with E-state index < -0.39 is 11.4 Å². The van der Waals surface area contributed by atoms with Gasteiger partial charge in [0.2, 0.25) is 0 Å². The summed E-state index contributed by atoms with van der Waals surface area (Å²) in [6.45, 7) is 22.0. The van der Waals surface area contributed by atoms with E-state index in [1.54, 1.807) is 0 Å². The van der Waals surface area contributed by atoms with Crippen molar-refractivity contribution in [1.82, 2.24) is 0 Å². The Bertz CT molecular complexity index is 300. The van der Waals surface area contributed by atoms with Gasteiger partial charge in [0.1, 0.15) is 0 Å². The zero-order valence-electron chi connectivity index (χ0n) is 15.5. The van der Waals surface area contributed by atoms with Crippen molar-refractivity contribution in [2.24, 2.45) is 28.6 Å². The molecule has 2 radical (unpaired) electrons. The van der Waals surface area contributed by atoms with Gasteiger partial charge in [0, 0.05) is 0 Å². The lowest BCUT2D eigenvalue weighted by Gasteiger charge is -2.53. The Hall–Kier alpha value is 0.0249. The van der Waals surface area contributed by atoms with Gasteiger partial charge >= 0.3 is 0 Å². The van der Waals surface area contributed by atoms with Crippen LogP contribution in [-0.2, 0) is 0 Å². The van der Waals surface area contributed by atoms with Gasteiger partial charge < -0.3 is 5.11 Å².